The molecule has 0 spiro atoms. The minimum atomic E-state index is -0.657. The van der Waals surface area contributed by atoms with E-state index < -0.39 is 22.0 Å². The molecule has 12 heteroatoms. The smallest absolute Gasteiger partial charge is 0.272 e. The third-order valence-corrected chi connectivity index (χ3v) is 9.42. The van der Waals surface area contributed by atoms with Crippen molar-refractivity contribution in [2.45, 2.75) is 10.1 Å². The molecule has 1 atom stereocenters. The van der Waals surface area contributed by atoms with Gasteiger partial charge in [-0.15, -0.1) is 11.8 Å². The normalized spacial score (nSPS) is 11.7. The first-order valence-electron chi connectivity index (χ1n) is 15.8. The van der Waals surface area contributed by atoms with Crippen LogP contribution < -0.4 is 16.0 Å². The molecule has 0 radical (unpaired) electrons. The average Bonchev–Trinajstić information content (AvgIpc) is 3.64. The van der Waals surface area contributed by atoms with E-state index in [1.807, 2.05) is 54.6 Å². The van der Waals surface area contributed by atoms with Gasteiger partial charge in [0, 0.05) is 50.1 Å². The van der Waals surface area contributed by atoms with Crippen LogP contribution in [-0.4, -0.2) is 22.6 Å². The third kappa shape index (κ3) is 9.30. The van der Waals surface area contributed by atoms with E-state index in [1.54, 1.807) is 66.7 Å². The van der Waals surface area contributed by atoms with E-state index in [1.165, 1.54) is 42.1 Å². The maximum atomic E-state index is 13.6. The van der Waals surface area contributed by atoms with Crippen molar-refractivity contribution >= 4 is 68.6 Å². The summed E-state index contributed by atoms with van der Waals surface area (Å²) in [7, 11) is 0. The van der Waals surface area contributed by atoms with Gasteiger partial charge in [0.05, 0.1) is 4.92 Å². The van der Waals surface area contributed by atoms with E-state index in [0.717, 1.165) is 20.5 Å². The number of nitro benzene ring substituents is 1. The standard InChI is InChI=1S/C40H29BrN4O6S/c41-29-13-11-26(12-14-29)36-24-21-33(51-36)25-35(44-38(46)28-9-5-2-6-10-28)39(47)42-31-17-22-34(23-18-31)52-37(27-7-3-1-4-8-27)40(48)43-30-15-19-32(20-16-30)45(49)50/h1-25,37H,(H,42,47)(H,43,48)(H,44,46)/b35-25-/t37-/m1/s1. The Morgan fingerprint density at radius 3 is 2.00 bits per heavy atom. The van der Waals surface area contributed by atoms with Crippen molar-refractivity contribution in [2.75, 3.05) is 10.6 Å². The van der Waals surface area contributed by atoms with Crippen LogP contribution in [0.3, 0.4) is 0 Å². The van der Waals surface area contributed by atoms with Crippen LogP contribution in [0.15, 0.2) is 165 Å². The zero-order valence-electron chi connectivity index (χ0n) is 27.2. The Bertz CT molecular complexity index is 2230. The van der Waals surface area contributed by atoms with Gasteiger partial charge >= 0.3 is 0 Å². The van der Waals surface area contributed by atoms with Gasteiger partial charge in [-0.2, -0.15) is 0 Å². The Balaban J connectivity index is 1.19. The molecule has 0 saturated carbocycles. The molecule has 6 aromatic rings. The molecule has 258 valence electrons. The first-order valence-corrected chi connectivity index (χ1v) is 17.5. The molecule has 0 fully saturated rings. The second kappa shape index (κ2) is 16.6. The SMILES string of the molecule is O=C(Nc1ccc(S[C@@H](C(=O)Nc2ccc([N+](=O)[O-])cc2)c2ccccc2)cc1)/C(=C/c1ccc(-c2ccc(Br)cc2)o1)NC(=O)c1ccccc1. The third-order valence-electron chi connectivity index (χ3n) is 7.62. The number of nitro groups is 1. The topological polar surface area (TPSA) is 144 Å². The summed E-state index contributed by atoms with van der Waals surface area (Å²) in [6, 6.07) is 41.5. The molecule has 5 aromatic carbocycles. The van der Waals surface area contributed by atoms with Gasteiger partial charge < -0.3 is 20.4 Å². The molecule has 0 unspecified atom stereocenters. The summed E-state index contributed by atoms with van der Waals surface area (Å²) in [5.41, 5.74) is 2.76. The first kappa shape index (κ1) is 35.6. The molecule has 3 amide bonds. The van der Waals surface area contributed by atoms with Crippen LogP contribution >= 0.6 is 27.7 Å². The molecule has 0 saturated heterocycles. The van der Waals surface area contributed by atoms with Crippen LogP contribution in [0, 0.1) is 10.1 Å². The second-order valence-electron chi connectivity index (χ2n) is 11.3. The quantitative estimate of drug-likeness (QED) is 0.0487. The lowest BCUT2D eigenvalue weighted by Crippen LogP contribution is -2.30. The molecule has 6 rings (SSSR count). The summed E-state index contributed by atoms with van der Waals surface area (Å²) >= 11 is 4.73. The molecular formula is C40H29BrN4O6S. The van der Waals surface area contributed by atoms with Crippen molar-refractivity contribution in [3.8, 4) is 11.3 Å². The molecule has 0 aliphatic carbocycles. The Hall–Kier alpha value is -6.24. The highest BCUT2D eigenvalue weighted by Gasteiger charge is 2.23. The molecule has 52 heavy (non-hydrogen) atoms. The van der Waals surface area contributed by atoms with Gasteiger partial charge in [-0.3, -0.25) is 24.5 Å². The summed E-state index contributed by atoms with van der Waals surface area (Å²) < 4.78 is 6.93. The van der Waals surface area contributed by atoms with Crippen LogP contribution in [-0.2, 0) is 9.59 Å². The van der Waals surface area contributed by atoms with Crippen molar-refractivity contribution in [3.63, 3.8) is 0 Å². The van der Waals surface area contributed by atoms with Gasteiger partial charge in [0.1, 0.15) is 22.5 Å². The molecule has 0 bridgehead atoms. The number of anilines is 2. The van der Waals surface area contributed by atoms with Crippen LogP contribution in [0.5, 0.6) is 0 Å². The van der Waals surface area contributed by atoms with E-state index in [0.29, 0.717) is 28.5 Å². The lowest BCUT2D eigenvalue weighted by atomic mass is 10.1. The highest BCUT2D eigenvalue weighted by atomic mass is 79.9. The summed E-state index contributed by atoms with van der Waals surface area (Å²) in [6.07, 6.45) is 1.47. The van der Waals surface area contributed by atoms with E-state index in [-0.39, 0.29) is 17.3 Å². The Kier molecular flexibility index (Phi) is 11.4. The molecule has 1 heterocycles. The first-order chi connectivity index (χ1) is 25.2. The number of nitrogens with zero attached hydrogens (tertiary/aromatic N) is 1. The van der Waals surface area contributed by atoms with Gasteiger partial charge in [0.25, 0.3) is 17.5 Å². The number of carbonyl (C=O) groups excluding carboxylic acids is 3. The number of hydrogen-bond acceptors (Lipinski definition) is 7. The number of non-ortho nitro benzene ring substituents is 1. The van der Waals surface area contributed by atoms with Crippen LogP contribution in [0.4, 0.5) is 17.1 Å². The maximum absolute atomic E-state index is 13.6. The fourth-order valence-corrected chi connectivity index (χ4v) is 6.30. The number of hydrogen-bond donors (Lipinski definition) is 3. The number of nitrogens with one attached hydrogen (secondary N) is 3. The second-order valence-corrected chi connectivity index (χ2v) is 13.4. The molecule has 0 aliphatic heterocycles. The summed E-state index contributed by atoms with van der Waals surface area (Å²) in [5, 5.41) is 18.8. The number of carbonyl (C=O) groups is 3. The number of thioether (sulfide) groups is 1. The maximum Gasteiger partial charge on any atom is 0.272 e. The Morgan fingerprint density at radius 1 is 0.731 bits per heavy atom. The average molecular weight is 774 g/mol. The van der Waals surface area contributed by atoms with E-state index in [2.05, 4.69) is 31.9 Å². The highest BCUT2D eigenvalue weighted by Crippen LogP contribution is 2.37. The van der Waals surface area contributed by atoms with E-state index in [4.69, 9.17) is 4.42 Å². The number of rotatable bonds is 12. The molecule has 3 N–H and O–H groups in total. The van der Waals surface area contributed by atoms with Gasteiger partial charge in [0.15, 0.2) is 0 Å². The summed E-state index contributed by atoms with van der Waals surface area (Å²) in [4.78, 5) is 51.5. The van der Waals surface area contributed by atoms with Crippen molar-refractivity contribution < 1.29 is 23.7 Å². The van der Waals surface area contributed by atoms with Crippen molar-refractivity contribution in [2.24, 2.45) is 0 Å². The minimum absolute atomic E-state index is 0.0314. The molecular weight excluding hydrogens is 744 g/mol. The predicted molar refractivity (Wildman–Crippen MR) is 206 cm³/mol. The number of amides is 3. The van der Waals surface area contributed by atoms with Gasteiger partial charge in [-0.05, 0) is 78.4 Å². The summed E-state index contributed by atoms with van der Waals surface area (Å²) in [5.74, 6) is -0.394. The zero-order valence-corrected chi connectivity index (χ0v) is 29.6. The van der Waals surface area contributed by atoms with Gasteiger partial charge in [-0.25, -0.2) is 0 Å². The molecule has 1 aromatic heterocycles. The number of benzene rings is 5. The minimum Gasteiger partial charge on any atom is -0.457 e. The van der Waals surface area contributed by atoms with Crippen LogP contribution in [0.25, 0.3) is 17.4 Å². The molecule has 0 aliphatic rings. The lowest BCUT2D eigenvalue weighted by molar-refractivity contribution is -0.384. The Labute approximate surface area is 311 Å². The largest absolute Gasteiger partial charge is 0.457 e. The lowest BCUT2D eigenvalue weighted by Gasteiger charge is -2.17. The van der Waals surface area contributed by atoms with Crippen molar-refractivity contribution in [3.05, 3.63) is 183 Å². The zero-order chi connectivity index (χ0) is 36.5. The van der Waals surface area contributed by atoms with Gasteiger partial charge in [0.2, 0.25) is 5.91 Å². The highest BCUT2D eigenvalue weighted by molar-refractivity contribution is 9.10. The van der Waals surface area contributed by atoms with Crippen LogP contribution in [0.2, 0.25) is 0 Å². The van der Waals surface area contributed by atoms with E-state index >= 15 is 0 Å². The van der Waals surface area contributed by atoms with Gasteiger partial charge in [-0.1, -0.05) is 76.6 Å². The molecule has 10 nitrogen and oxygen atoms in total. The predicted octanol–water partition coefficient (Wildman–Crippen LogP) is 9.50. The number of halogens is 1. The summed E-state index contributed by atoms with van der Waals surface area (Å²) in [6.45, 7) is 0. The fraction of sp³-hybridized carbons (Fsp3) is 0.0250. The Morgan fingerprint density at radius 2 is 1.35 bits per heavy atom. The number of furan rings is 1. The monoisotopic (exact) mass is 772 g/mol. The van der Waals surface area contributed by atoms with E-state index in [9.17, 15) is 24.5 Å². The van der Waals surface area contributed by atoms with Crippen molar-refractivity contribution in [1.29, 1.82) is 0 Å². The van der Waals surface area contributed by atoms with Crippen LogP contribution in [0.1, 0.15) is 26.9 Å². The van der Waals surface area contributed by atoms with Crippen molar-refractivity contribution in [1.82, 2.24) is 5.32 Å². The fourth-order valence-electron chi connectivity index (χ4n) is 5.01.